The van der Waals surface area contributed by atoms with Crippen molar-refractivity contribution in [3.63, 3.8) is 0 Å². The summed E-state index contributed by atoms with van der Waals surface area (Å²) in [5.41, 5.74) is 0. The highest BCUT2D eigenvalue weighted by Gasteiger charge is 2.32. The van der Waals surface area contributed by atoms with Crippen LogP contribution in [0.4, 0.5) is 8.78 Å². The lowest BCUT2D eigenvalue weighted by Gasteiger charge is -2.07. The lowest BCUT2D eigenvalue weighted by atomic mass is 10.3. The molecule has 0 radical (unpaired) electrons. The molecule has 0 atom stereocenters. The molecule has 15 heavy (non-hydrogen) atoms. The van der Waals surface area contributed by atoms with Crippen molar-refractivity contribution in [2.24, 2.45) is 0 Å². The van der Waals surface area contributed by atoms with Crippen LogP contribution < -0.4 is 0 Å². The number of carbonyl (C=O) groups excluding carboxylic acids is 2. The Balaban J connectivity index is 3.88. The standard InChI is InChI=1S/C9H13F2NO3/c1-12(2)6-4-3-5-8(14)15-9(10,11)7-13/h3,5,7H,4,6H2,1-2H3. The van der Waals surface area contributed by atoms with Gasteiger partial charge < -0.3 is 9.64 Å². The van der Waals surface area contributed by atoms with E-state index in [1.165, 1.54) is 6.08 Å². The van der Waals surface area contributed by atoms with E-state index in [1.807, 2.05) is 19.0 Å². The van der Waals surface area contributed by atoms with Gasteiger partial charge in [-0.05, 0) is 20.5 Å². The fourth-order valence-electron chi connectivity index (χ4n) is 0.704. The number of ether oxygens (including phenoxy) is 1. The fraction of sp³-hybridized carbons (Fsp3) is 0.556. The first-order valence-corrected chi connectivity index (χ1v) is 4.26. The molecule has 86 valence electrons. The number of hydrogen-bond acceptors (Lipinski definition) is 4. The first-order chi connectivity index (χ1) is 6.87. The number of esters is 1. The van der Waals surface area contributed by atoms with E-state index in [2.05, 4.69) is 4.74 Å². The summed E-state index contributed by atoms with van der Waals surface area (Å²) in [5.74, 6) is -1.23. The van der Waals surface area contributed by atoms with Gasteiger partial charge in [-0.15, -0.1) is 0 Å². The molecule has 0 aromatic carbocycles. The Morgan fingerprint density at radius 2 is 2.07 bits per heavy atom. The average molecular weight is 221 g/mol. The van der Waals surface area contributed by atoms with E-state index in [0.29, 0.717) is 13.0 Å². The molecule has 0 amide bonds. The van der Waals surface area contributed by atoms with Crippen LogP contribution >= 0.6 is 0 Å². The van der Waals surface area contributed by atoms with Crippen molar-refractivity contribution in [2.75, 3.05) is 20.6 Å². The van der Waals surface area contributed by atoms with Crippen molar-refractivity contribution in [2.45, 2.75) is 12.5 Å². The van der Waals surface area contributed by atoms with Gasteiger partial charge in [-0.2, -0.15) is 8.78 Å². The zero-order valence-corrected chi connectivity index (χ0v) is 8.57. The van der Waals surface area contributed by atoms with Gasteiger partial charge >= 0.3 is 12.1 Å². The van der Waals surface area contributed by atoms with Crippen LogP contribution in [0.3, 0.4) is 0 Å². The molecule has 4 nitrogen and oxygen atoms in total. The van der Waals surface area contributed by atoms with E-state index in [0.717, 1.165) is 6.08 Å². The van der Waals surface area contributed by atoms with Crippen molar-refractivity contribution in [3.8, 4) is 0 Å². The third kappa shape index (κ3) is 7.75. The lowest BCUT2D eigenvalue weighted by Crippen LogP contribution is -2.25. The van der Waals surface area contributed by atoms with Gasteiger partial charge in [0.15, 0.2) is 0 Å². The molecule has 0 rings (SSSR count). The summed E-state index contributed by atoms with van der Waals surface area (Å²) in [7, 11) is 3.68. The third-order valence-electron chi connectivity index (χ3n) is 1.37. The minimum Gasteiger partial charge on any atom is -0.392 e. The summed E-state index contributed by atoms with van der Waals surface area (Å²) >= 11 is 0. The largest absolute Gasteiger partial charge is 0.460 e. The number of carbonyl (C=O) groups is 2. The lowest BCUT2D eigenvalue weighted by molar-refractivity contribution is -0.214. The summed E-state index contributed by atoms with van der Waals surface area (Å²) in [6.07, 6.45) is -1.94. The van der Waals surface area contributed by atoms with Crippen molar-refractivity contribution >= 4 is 12.3 Å². The van der Waals surface area contributed by atoms with Crippen molar-refractivity contribution in [1.29, 1.82) is 0 Å². The Labute approximate surface area is 86.5 Å². The van der Waals surface area contributed by atoms with Gasteiger partial charge in [-0.1, -0.05) is 6.08 Å². The SMILES string of the molecule is CN(C)CCC=CC(=O)OC(F)(F)C=O. The second kappa shape index (κ2) is 6.23. The first-order valence-electron chi connectivity index (χ1n) is 4.26. The van der Waals surface area contributed by atoms with Gasteiger partial charge in [0.25, 0.3) is 0 Å². The van der Waals surface area contributed by atoms with Crippen LogP contribution in [0.5, 0.6) is 0 Å². The molecule has 0 heterocycles. The van der Waals surface area contributed by atoms with Gasteiger partial charge in [0, 0.05) is 12.6 Å². The van der Waals surface area contributed by atoms with Crippen LogP contribution in [-0.4, -0.2) is 43.9 Å². The van der Waals surface area contributed by atoms with E-state index in [1.54, 1.807) is 0 Å². The summed E-state index contributed by atoms with van der Waals surface area (Å²) in [6, 6.07) is 0. The Hall–Kier alpha value is -1.30. The molecular formula is C9H13F2NO3. The van der Waals surface area contributed by atoms with Crippen molar-refractivity contribution in [3.05, 3.63) is 12.2 Å². The summed E-state index contributed by atoms with van der Waals surface area (Å²) in [6.45, 7) is 0.688. The van der Waals surface area contributed by atoms with Crippen LogP contribution in [0.25, 0.3) is 0 Å². The predicted molar refractivity (Wildman–Crippen MR) is 49.4 cm³/mol. The molecule has 0 unspecified atom stereocenters. The van der Waals surface area contributed by atoms with Crippen LogP contribution in [-0.2, 0) is 14.3 Å². The number of rotatable bonds is 6. The monoisotopic (exact) mass is 221 g/mol. The maximum Gasteiger partial charge on any atom is 0.460 e. The molecule has 0 fully saturated rings. The van der Waals surface area contributed by atoms with Crippen LogP contribution in [0.1, 0.15) is 6.42 Å². The molecule has 0 N–H and O–H groups in total. The smallest absolute Gasteiger partial charge is 0.392 e. The fourth-order valence-corrected chi connectivity index (χ4v) is 0.704. The minimum atomic E-state index is -4.04. The molecule has 0 spiro atoms. The Morgan fingerprint density at radius 3 is 2.53 bits per heavy atom. The average Bonchev–Trinajstić information content (AvgIpc) is 2.11. The van der Waals surface area contributed by atoms with E-state index in [9.17, 15) is 18.4 Å². The van der Waals surface area contributed by atoms with Crippen LogP contribution in [0.15, 0.2) is 12.2 Å². The Morgan fingerprint density at radius 1 is 1.47 bits per heavy atom. The first kappa shape index (κ1) is 13.7. The van der Waals surface area contributed by atoms with Gasteiger partial charge in [0.1, 0.15) is 0 Å². The highest BCUT2D eigenvalue weighted by Crippen LogP contribution is 2.11. The number of nitrogens with zero attached hydrogens (tertiary/aromatic N) is 1. The zero-order valence-electron chi connectivity index (χ0n) is 8.57. The van der Waals surface area contributed by atoms with Crippen molar-refractivity contribution in [1.82, 2.24) is 4.90 Å². The Kier molecular flexibility index (Phi) is 5.69. The van der Waals surface area contributed by atoms with Gasteiger partial charge in [-0.25, -0.2) is 4.79 Å². The molecule has 0 aromatic heterocycles. The minimum absolute atomic E-state index is 0.536. The molecule has 6 heteroatoms. The predicted octanol–water partition coefficient (Wildman–Crippen LogP) is 0.829. The Bertz CT molecular complexity index is 252. The molecule has 0 saturated carbocycles. The van der Waals surface area contributed by atoms with Crippen LogP contribution in [0, 0.1) is 0 Å². The second-order valence-electron chi connectivity index (χ2n) is 3.10. The third-order valence-corrected chi connectivity index (χ3v) is 1.37. The zero-order chi connectivity index (χ0) is 11.9. The normalized spacial score (nSPS) is 12.1. The van der Waals surface area contributed by atoms with Gasteiger partial charge in [-0.3, -0.25) is 4.79 Å². The molecule has 0 bridgehead atoms. The molecule has 0 aliphatic heterocycles. The molecule has 0 aliphatic rings. The second-order valence-corrected chi connectivity index (χ2v) is 3.10. The maximum atomic E-state index is 12.2. The number of hydrogen-bond donors (Lipinski definition) is 0. The van der Waals surface area contributed by atoms with E-state index >= 15 is 0 Å². The molecule has 0 aromatic rings. The highest BCUT2D eigenvalue weighted by molar-refractivity contribution is 5.83. The van der Waals surface area contributed by atoms with Crippen molar-refractivity contribution < 1.29 is 23.1 Å². The van der Waals surface area contributed by atoms with E-state index in [-0.39, 0.29) is 0 Å². The number of alkyl halides is 2. The molecule has 0 saturated heterocycles. The summed E-state index contributed by atoms with van der Waals surface area (Å²) in [4.78, 5) is 22.3. The molecular weight excluding hydrogens is 208 g/mol. The van der Waals surface area contributed by atoms with Gasteiger partial charge in [0.2, 0.25) is 6.29 Å². The van der Waals surface area contributed by atoms with Crippen LogP contribution in [0.2, 0.25) is 0 Å². The van der Waals surface area contributed by atoms with E-state index < -0.39 is 18.4 Å². The van der Waals surface area contributed by atoms with Gasteiger partial charge in [0.05, 0.1) is 0 Å². The number of aldehydes is 1. The van der Waals surface area contributed by atoms with E-state index in [4.69, 9.17) is 0 Å². The number of halogens is 2. The summed E-state index contributed by atoms with van der Waals surface area (Å²) < 4.78 is 27.9. The highest BCUT2D eigenvalue weighted by atomic mass is 19.3. The summed E-state index contributed by atoms with van der Waals surface area (Å²) in [5, 5.41) is 0. The quantitative estimate of drug-likeness (QED) is 0.378. The topological polar surface area (TPSA) is 46.6 Å². The molecule has 0 aliphatic carbocycles. The maximum absolute atomic E-state index is 12.2.